The van der Waals surface area contributed by atoms with Crippen molar-refractivity contribution in [3.05, 3.63) is 33.7 Å². The summed E-state index contributed by atoms with van der Waals surface area (Å²) in [6.07, 6.45) is 2.34. The Labute approximate surface area is 199 Å². The third kappa shape index (κ3) is 3.75. The Hall–Kier alpha value is -2.37. The molecule has 2 bridgehead atoms. The van der Waals surface area contributed by atoms with Gasteiger partial charge in [0.1, 0.15) is 18.0 Å². The van der Waals surface area contributed by atoms with Crippen LogP contribution in [-0.2, 0) is 25.6 Å². The Balaban J connectivity index is 1.29. The molecule has 0 unspecified atom stereocenters. The molecule has 6 rings (SSSR count). The van der Waals surface area contributed by atoms with Crippen LogP contribution in [0.2, 0.25) is 0 Å². The second-order valence-electron chi connectivity index (χ2n) is 9.52. The third-order valence-corrected chi connectivity index (χ3v) is 9.93. The van der Waals surface area contributed by atoms with Crippen molar-refractivity contribution in [1.29, 1.82) is 0 Å². The van der Waals surface area contributed by atoms with Gasteiger partial charge < -0.3 is 25.4 Å². The molecule has 0 saturated carbocycles. The molecule has 3 N–H and O–H groups in total. The van der Waals surface area contributed by atoms with Crippen LogP contribution in [-0.4, -0.2) is 76.4 Å². The molecule has 1 aromatic heterocycles. The lowest BCUT2D eigenvalue weighted by Gasteiger charge is -2.55. The Morgan fingerprint density at radius 3 is 2.52 bits per heavy atom. The summed E-state index contributed by atoms with van der Waals surface area (Å²) in [6, 6.07) is 3.00. The van der Waals surface area contributed by atoms with E-state index in [-0.39, 0.29) is 23.9 Å². The molecule has 0 spiro atoms. The molecule has 6 heterocycles. The SMILES string of the molecule is NC(=O)C12CC[N+](CC3=C(C(=O)[O-])N4C(=O)[C@@H](NC(=O)Cc5cccs5)[C@@H]4SC3)(CC1)CC2. The van der Waals surface area contributed by atoms with Crippen LogP contribution < -0.4 is 16.2 Å². The first kappa shape index (κ1) is 22.4. The Bertz CT molecular complexity index is 1030. The van der Waals surface area contributed by atoms with Gasteiger partial charge in [-0.2, -0.15) is 0 Å². The number of carbonyl (C=O) groups excluding carboxylic acids is 4. The number of rotatable bonds is 7. The first-order valence-electron chi connectivity index (χ1n) is 11.1. The number of carboxylic acid groups (broad SMARTS) is 1. The van der Waals surface area contributed by atoms with Crippen LogP contribution in [0, 0.1) is 5.41 Å². The van der Waals surface area contributed by atoms with Gasteiger partial charge in [0.05, 0.1) is 43.1 Å². The molecular weight excluding hydrogens is 464 g/mol. The number of aliphatic carboxylic acids is 1. The molecule has 4 saturated heterocycles. The van der Waals surface area contributed by atoms with Crippen molar-refractivity contribution in [3.63, 3.8) is 0 Å². The van der Waals surface area contributed by atoms with Gasteiger partial charge in [-0.15, -0.1) is 23.1 Å². The predicted molar refractivity (Wildman–Crippen MR) is 120 cm³/mol. The normalized spacial score (nSPS) is 32.8. The zero-order chi connectivity index (χ0) is 23.4. The second kappa shape index (κ2) is 8.14. The molecule has 5 aliphatic rings. The fourth-order valence-corrected chi connectivity index (χ4v) is 7.70. The summed E-state index contributed by atoms with van der Waals surface area (Å²) < 4.78 is 0.718. The van der Waals surface area contributed by atoms with Crippen molar-refractivity contribution in [2.24, 2.45) is 11.1 Å². The highest BCUT2D eigenvalue weighted by Crippen LogP contribution is 2.46. The molecule has 5 aliphatic heterocycles. The van der Waals surface area contributed by atoms with Crippen LogP contribution in [0.1, 0.15) is 24.1 Å². The number of primary amides is 1. The van der Waals surface area contributed by atoms with Crippen LogP contribution >= 0.6 is 23.1 Å². The molecule has 0 radical (unpaired) electrons. The van der Waals surface area contributed by atoms with E-state index in [4.69, 9.17) is 5.73 Å². The van der Waals surface area contributed by atoms with E-state index in [1.807, 2.05) is 17.5 Å². The Kier molecular flexibility index (Phi) is 5.53. The summed E-state index contributed by atoms with van der Waals surface area (Å²) in [5.74, 6) is -1.78. The Morgan fingerprint density at radius 1 is 1.24 bits per heavy atom. The van der Waals surface area contributed by atoms with Crippen molar-refractivity contribution >= 4 is 46.8 Å². The number of quaternary nitrogens is 1. The molecule has 0 aromatic carbocycles. The smallest absolute Gasteiger partial charge is 0.253 e. The minimum atomic E-state index is -1.36. The third-order valence-electron chi connectivity index (χ3n) is 7.72. The highest BCUT2D eigenvalue weighted by Gasteiger charge is 2.55. The van der Waals surface area contributed by atoms with Crippen LogP contribution in [0.4, 0.5) is 0 Å². The quantitative estimate of drug-likeness (QED) is 0.379. The van der Waals surface area contributed by atoms with Crippen molar-refractivity contribution in [2.45, 2.75) is 37.1 Å². The fraction of sp³-hybridized carbons (Fsp3) is 0.545. The molecule has 4 fully saturated rings. The number of amides is 3. The summed E-state index contributed by atoms with van der Waals surface area (Å²) in [4.78, 5) is 51.5. The van der Waals surface area contributed by atoms with Crippen molar-refractivity contribution < 1.29 is 28.8 Å². The van der Waals surface area contributed by atoms with E-state index in [0.29, 0.717) is 37.1 Å². The van der Waals surface area contributed by atoms with Crippen LogP contribution in [0.3, 0.4) is 0 Å². The van der Waals surface area contributed by atoms with E-state index < -0.39 is 28.7 Å². The van der Waals surface area contributed by atoms with E-state index in [1.165, 1.54) is 28.0 Å². The first-order valence-corrected chi connectivity index (χ1v) is 13.0. The molecule has 3 amide bonds. The minimum Gasteiger partial charge on any atom is -0.543 e. The fourth-order valence-electron chi connectivity index (χ4n) is 5.66. The van der Waals surface area contributed by atoms with E-state index >= 15 is 0 Å². The zero-order valence-corrected chi connectivity index (χ0v) is 19.7. The second-order valence-corrected chi connectivity index (χ2v) is 11.7. The number of carbonyl (C=O) groups is 4. The number of nitrogens with zero attached hydrogens (tertiary/aromatic N) is 2. The first-order chi connectivity index (χ1) is 15.7. The topological polar surface area (TPSA) is 133 Å². The average molecular weight is 491 g/mol. The van der Waals surface area contributed by atoms with Gasteiger partial charge in [-0.1, -0.05) is 6.07 Å². The van der Waals surface area contributed by atoms with Crippen molar-refractivity contribution in [3.8, 4) is 0 Å². The summed E-state index contributed by atoms with van der Waals surface area (Å²) in [5, 5.41) is 16.3. The lowest BCUT2D eigenvalue weighted by molar-refractivity contribution is -0.940. The van der Waals surface area contributed by atoms with Gasteiger partial charge in [0.25, 0.3) is 5.91 Å². The van der Waals surface area contributed by atoms with Crippen molar-refractivity contribution in [1.82, 2.24) is 10.2 Å². The number of hydrogen-bond acceptors (Lipinski definition) is 7. The average Bonchev–Trinajstić information content (AvgIpc) is 3.31. The van der Waals surface area contributed by atoms with Crippen LogP contribution in [0.15, 0.2) is 28.8 Å². The van der Waals surface area contributed by atoms with Gasteiger partial charge in [0, 0.05) is 35.5 Å². The molecule has 1 aromatic rings. The molecule has 0 aliphatic carbocycles. The highest BCUT2D eigenvalue weighted by molar-refractivity contribution is 8.00. The van der Waals surface area contributed by atoms with Gasteiger partial charge >= 0.3 is 0 Å². The molecule has 2 atom stereocenters. The summed E-state index contributed by atoms with van der Waals surface area (Å²) in [5.41, 5.74) is 5.88. The van der Waals surface area contributed by atoms with E-state index in [9.17, 15) is 24.3 Å². The molecular formula is C22H26N4O5S2. The van der Waals surface area contributed by atoms with E-state index in [2.05, 4.69) is 5.32 Å². The standard InChI is InChI=1S/C22H26N4O5S2/c23-21(31)22-3-6-26(7-4-22,8-5-22)11-13-12-33-19-16(18(28)25(19)17(13)20(29)30)24-15(27)10-14-2-1-9-32-14/h1-2,9,16,19H,3-8,10-12H2,(H3-,23,24,27,29,30,31)/t16-,19+,22?,26?/m1/s1. The summed E-state index contributed by atoms with van der Waals surface area (Å²) in [7, 11) is 0. The van der Waals surface area contributed by atoms with Gasteiger partial charge in [-0.3, -0.25) is 19.3 Å². The predicted octanol–water partition coefficient (Wildman–Crippen LogP) is -0.819. The summed E-state index contributed by atoms with van der Waals surface area (Å²) >= 11 is 2.95. The maximum absolute atomic E-state index is 12.9. The number of nitrogens with two attached hydrogens (primary N) is 1. The number of piperidine rings is 3. The van der Waals surface area contributed by atoms with Gasteiger partial charge in [-0.25, -0.2) is 0 Å². The van der Waals surface area contributed by atoms with E-state index in [0.717, 1.165) is 29.0 Å². The maximum Gasteiger partial charge on any atom is 0.253 e. The largest absolute Gasteiger partial charge is 0.543 e. The highest BCUT2D eigenvalue weighted by atomic mass is 32.2. The summed E-state index contributed by atoms with van der Waals surface area (Å²) in [6.45, 7) is 2.85. The van der Waals surface area contributed by atoms with Gasteiger partial charge in [0.15, 0.2) is 0 Å². The Morgan fingerprint density at radius 2 is 1.94 bits per heavy atom. The van der Waals surface area contributed by atoms with Crippen LogP contribution in [0.5, 0.6) is 0 Å². The maximum atomic E-state index is 12.9. The van der Waals surface area contributed by atoms with Gasteiger partial charge in [0.2, 0.25) is 11.8 Å². The number of hydrogen-bond donors (Lipinski definition) is 2. The number of β-lactam (4-membered cyclic amide) rings is 1. The van der Waals surface area contributed by atoms with E-state index in [1.54, 1.807) is 0 Å². The molecule has 11 heteroatoms. The molecule has 9 nitrogen and oxygen atoms in total. The lowest BCUT2D eigenvalue weighted by atomic mass is 9.70. The lowest BCUT2D eigenvalue weighted by Crippen LogP contribution is -2.72. The minimum absolute atomic E-state index is 0.0442. The number of fused-ring (bicyclic) bond motifs is 4. The van der Waals surface area contributed by atoms with Gasteiger partial charge in [-0.05, 0) is 11.4 Å². The zero-order valence-electron chi connectivity index (χ0n) is 18.1. The van der Waals surface area contributed by atoms with Crippen LogP contribution in [0.25, 0.3) is 0 Å². The monoisotopic (exact) mass is 490 g/mol. The number of thiophene rings is 1. The number of carboxylic acids is 1. The van der Waals surface area contributed by atoms with Crippen molar-refractivity contribution in [2.75, 3.05) is 31.9 Å². The number of nitrogens with one attached hydrogen (secondary N) is 1. The number of thioether (sulfide) groups is 1. The molecule has 176 valence electrons. The molecule has 33 heavy (non-hydrogen) atoms.